The van der Waals surface area contributed by atoms with Crippen LogP contribution in [0.2, 0.25) is 15.1 Å². The molecule has 1 atom stereocenters. The predicted molar refractivity (Wildman–Crippen MR) is 117 cm³/mol. The Kier molecular flexibility index (Phi) is 3.96. The minimum absolute atomic E-state index is 0.0394. The molecule has 1 aromatic heterocycles. The van der Waals surface area contributed by atoms with Gasteiger partial charge in [0.15, 0.2) is 0 Å². The van der Waals surface area contributed by atoms with Crippen molar-refractivity contribution < 1.29 is 5.11 Å². The first kappa shape index (κ1) is 18.3. The van der Waals surface area contributed by atoms with E-state index in [4.69, 9.17) is 39.8 Å². The Balaban J connectivity index is 1.56. The van der Waals surface area contributed by atoms with E-state index in [-0.39, 0.29) is 6.04 Å². The van der Waals surface area contributed by atoms with Crippen LogP contribution in [0, 0.1) is 11.8 Å². The summed E-state index contributed by atoms with van der Waals surface area (Å²) in [4.78, 5) is 4.90. The molecule has 2 saturated carbocycles. The molecule has 1 aliphatic heterocycles. The lowest BCUT2D eigenvalue weighted by atomic mass is 9.83. The summed E-state index contributed by atoms with van der Waals surface area (Å²) in [5, 5.41) is 17.0. The highest BCUT2D eigenvalue weighted by atomic mass is 35.5. The molecule has 6 rings (SSSR count). The lowest BCUT2D eigenvalue weighted by Crippen LogP contribution is -2.31. The molecule has 3 aliphatic rings. The van der Waals surface area contributed by atoms with E-state index in [0.717, 1.165) is 53.8 Å². The van der Waals surface area contributed by atoms with Crippen LogP contribution in [-0.2, 0) is 5.60 Å². The van der Waals surface area contributed by atoms with Crippen molar-refractivity contribution in [3.05, 3.63) is 56.5 Å². The third kappa shape index (κ3) is 2.66. The molecule has 0 amide bonds. The number of aliphatic hydroxyl groups is 1. The quantitative estimate of drug-likeness (QED) is 0.513. The first-order chi connectivity index (χ1) is 14.0. The van der Waals surface area contributed by atoms with Crippen LogP contribution in [0.25, 0.3) is 11.0 Å². The van der Waals surface area contributed by atoms with Crippen molar-refractivity contribution in [2.45, 2.75) is 37.3 Å². The molecule has 3 aromatic rings. The summed E-state index contributed by atoms with van der Waals surface area (Å²) in [6, 6.07) is 9.42. The van der Waals surface area contributed by atoms with Gasteiger partial charge in [-0.05, 0) is 61.3 Å². The summed E-state index contributed by atoms with van der Waals surface area (Å²) >= 11 is 19.3. The van der Waals surface area contributed by atoms with E-state index in [1.807, 2.05) is 24.3 Å². The van der Waals surface area contributed by atoms with Crippen LogP contribution in [-0.4, -0.2) is 21.2 Å². The first-order valence-electron chi connectivity index (χ1n) is 10.1. The molecule has 2 N–H and O–H groups in total. The summed E-state index contributed by atoms with van der Waals surface area (Å²) in [5.74, 6) is 1.41. The largest absolute Gasteiger partial charge is 0.385 e. The van der Waals surface area contributed by atoms with Crippen LogP contribution in [0.3, 0.4) is 0 Å². The minimum Gasteiger partial charge on any atom is -0.385 e. The number of nitrogens with one attached hydrogen (secondary N) is 1. The van der Waals surface area contributed by atoms with E-state index < -0.39 is 5.60 Å². The lowest BCUT2D eigenvalue weighted by molar-refractivity contribution is -0.00891. The number of hydrogen-bond donors (Lipinski definition) is 2. The van der Waals surface area contributed by atoms with E-state index in [2.05, 4.69) is 9.88 Å². The molecular formula is C22H20Cl3N3O. The van der Waals surface area contributed by atoms with Gasteiger partial charge in [-0.3, -0.25) is 4.57 Å². The van der Waals surface area contributed by atoms with Gasteiger partial charge in [0.05, 0.1) is 27.7 Å². The molecule has 0 spiro atoms. The fourth-order valence-electron chi connectivity index (χ4n) is 5.03. The van der Waals surface area contributed by atoms with Gasteiger partial charge >= 0.3 is 0 Å². The Labute approximate surface area is 183 Å². The van der Waals surface area contributed by atoms with Crippen molar-refractivity contribution in [2.24, 2.45) is 11.8 Å². The predicted octanol–water partition coefficient (Wildman–Crippen LogP) is 6.02. The second-order valence-electron chi connectivity index (χ2n) is 8.53. The number of benzene rings is 2. The molecule has 2 aromatic carbocycles. The van der Waals surface area contributed by atoms with Crippen molar-refractivity contribution in [2.75, 3.05) is 11.9 Å². The second-order valence-corrected chi connectivity index (χ2v) is 9.78. The Hall–Kier alpha value is -1.46. The summed E-state index contributed by atoms with van der Waals surface area (Å²) in [7, 11) is 0. The van der Waals surface area contributed by atoms with Gasteiger partial charge < -0.3 is 10.4 Å². The van der Waals surface area contributed by atoms with E-state index in [1.54, 1.807) is 6.07 Å². The average molecular weight is 449 g/mol. The second kappa shape index (κ2) is 6.27. The zero-order valence-corrected chi connectivity index (χ0v) is 17.9. The van der Waals surface area contributed by atoms with Gasteiger partial charge in [-0.25, -0.2) is 4.98 Å². The molecular weight excluding hydrogens is 429 g/mol. The SMILES string of the molecule is OC(c1ccc(Cl)c2c1nc1n2C(c2ccc(Cl)cc2Cl)CN1)(C1CC1)C1CC1. The van der Waals surface area contributed by atoms with E-state index in [9.17, 15) is 5.11 Å². The molecule has 7 heteroatoms. The van der Waals surface area contributed by atoms with Gasteiger partial charge in [0.2, 0.25) is 5.95 Å². The molecule has 4 nitrogen and oxygen atoms in total. The summed E-state index contributed by atoms with van der Waals surface area (Å²) in [6.45, 7) is 0.676. The minimum atomic E-state index is -0.800. The molecule has 2 aliphatic carbocycles. The molecule has 2 heterocycles. The number of hydrogen-bond acceptors (Lipinski definition) is 3. The Bertz CT molecular complexity index is 1140. The molecule has 0 bridgehead atoms. The van der Waals surface area contributed by atoms with Crippen LogP contribution in [0.5, 0.6) is 0 Å². The van der Waals surface area contributed by atoms with E-state index in [0.29, 0.717) is 33.4 Å². The third-order valence-corrected chi connectivity index (χ3v) is 7.57. The maximum atomic E-state index is 11.8. The molecule has 150 valence electrons. The highest BCUT2D eigenvalue weighted by Crippen LogP contribution is 2.59. The van der Waals surface area contributed by atoms with Crippen LogP contribution >= 0.6 is 34.8 Å². The van der Waals surface area contributed by atoms with Gasteiger partial charge in [-0.15, -0.1) is 0 Å². The molecule has 0 saturated heterocycles. The van der Waals surface area contributed by atoms with Gasteiger partial charge in [0, 0.05) is 22.2 Å². The smallest absolute Gasteiger partial charge is 0.204 e. The molecule has 0 radical (unpaired) electrons. The third-order valence-electron chi connectivity index (χ3n) is 6.71. The standard InChI is InChI=1S/C22H20Cl3N3O/c23-13-5-6-14(17(25)9-13)18-10-26-21-27-19-15(7-8-16(24)20(19)28(18)21)22(29,11-1-2-11)12-3-4-12/h5-9,11-12,18,29H,1-4,10H2,(H,26,27). The fourth-order valence-corrected chi connectivity index (χ4v) is 5.81. The van der Waals surface area contributed by atoms with Gasteiger partial charge in [0.25, 0.3) is 0 Å². The molecule has 1 unspecified atom stereocenters. The highest BCUT2D eigenvalue weighted by molar-refractivity contribution is 6.36. The highest BCUT2D eigenvalue weighted by Gasteiger charge is 2.55. The monoisotopic (exact) mass is 447 g/mol. The summed E-state index contributed by atoms with van der Waals surface area (Å²) in [6.07, 6.45) is 4.30. The Morgan fingerprint density at radius 1 is 1.00 bits per heavy atom. The number of rotatable bonds is 4. The first-order valence-corrected chi connectivity index (χ1v) is 11.2. The van der Waals surface area contributed by atoms with Crippen molar-refractivity contribution in [1.29, 1.82) is 0 Å². The summed E-state index contributed by atoms with van der Waals surface area (Å²) < 4.78 is 2.12. The maximum absolute atomic E-state index is 11.8. The van der Waals surface area contributed by atoms with Crippen LogP contribution in [0.15, 0.2) is 30.3 Å². The lowest BCUT2D eigenvalue weighted by Gasteiger charge is -2.29. The molecule has 2 fully saturated rings. The average Bonchev–Trinajstić information content (AvgIpc) is 3.60. The number of aromatic nitrogens is 2. The number of nitrogens with zero attached hydrogens (tertiary/aromatic N) is 2. The zero-order chi connectivity index (χ0) is 19.9. The number of halogens is 3. The number of imidazole rings is 1. The van der Waals surface area contributed by atoms with Crippen molar-refractivity contribution in [3.8, 4) is 0 Å². The normalized spacial score (nSPS) is 21.4. The number of fused-ring (bicyclic) bond motifs is 3. The Morgan fingerprint density at radius 3 is 2.38 bits per heavy atom. The topological polar surface area (TPSA) is 50.1 Å². The zero-order valence-electron chi connectivity index (χ0n) is 15.6. The van der Waals surface area contributed by atoms with Crippen LogP contribution in [0.1, 0.15) is 42.9 Å². The maximum Gasteiger partial charge on any atom is 0.204 e. The van der Waals surface area contributed by atoms with Crippen molar-refractivity contribution in [1.82, 2.24) is 9.55 Å². The van der Waals surface area contributed by atoms with Crippen molar-refractivity contribution >= 4 is 51.8 Å². The number of anilines is 1. The van der Waals surface area contributed by atoms with Gasteiger partial charge in [0.1, 0.15) is 0 Å². The van der Waals surface area contributed by atoms with E-state index >= 15 is 0 Å². The van der Waals surface area contributed by atoms with Crippen LogP contribution in [0.4, 0.5) is 5.95 Å². The van der Waals surface area contributed by atoms with Gasteiger partial charge in [-0.2, -0.15) is 0 Å². The van der Waals surface area contributed by atoms with E-state index in [1.165, 1.54) is 0 Å². The summed E-state index contributed by atoms with van der Waals surface area (Å²) in [5.41, 5.74) is 2.76. The fraction of sp³-hybridized carbons (Fsp3) is 0.409. The Morgan fingerprint density at radius 2 is 1.72 bits per heavy atom. The van der Waals surface area contributed by atoms with Crippen molar-refractivity contribution in [3.63, 3.8) is 0 Å². The van der Waals surface area contributed by atoms with Gasteiger partial charge in [-0.1, -0.05) is 46.9 Å². The van der Waals surface area contributed by atoms with Crippen LogP contribution < -0.4 is 5.32 Å². The molecule has 29 heavy (non-hydrogen) atoms.